The number of nitrogens with one attached hydrogen (secondary N) is 1. The van der Waals surface area contributed by atoms with Crippen molar-refractivity contribution < 1.29 is 0 Å². The van der Waals surface area contributed by atoms with E-state index in [1.807, 2.05) is 6.07 Å². The molecule has 3 N–H and O–H groups in total. The van der Waals surface area contributed by atoms with Crippen LogP contribution in [0.3, 0.4) is 0 Å². The summed E-state index contributed by atoms with van der Waals surface area (Å²) in [6.07, 6.45) is 6.49. The highest BCUT2D eigenvalue weighted by Gasteiger charge is 2.25. The fraction of sp³-hybridized carbons (Fsp3) is 0.471. The number of hydrogen-bond donors (Lipinski definition) is 2. The molecule has 1 saturated carbocycles. The number of aryl methyl sites for hydroxylation is 1. The third kappa shape index (κ3) is 2.56. The van der Waals surface area contributed by atoms with Gasteiger partial charge in [0.15, 0.2) is 0 Å². The van der Waals surface area contributed by atoms with Crippen molar-refractivity contribution in [1.29, 1.82) is 0 Å². The van der Waals surface area contributed by atoms with Gasteiger partial charge >= 0.3 is 0 Å². The van der Waals surface area contributed by atoms with Crippen LogP contribution in [-0.2, 0) is 0 Å². The standard InChI is InChI=1S/C17H23N3/c1-12-11-16(19-15-10-6-5-9-14(12)15)17(20-18)13-7-3-2-4-8-13/h5-6,9-11,13,17,20H,2-4,7-8,18H2,1H3. The Kier molecular flexibility index (Phi) is 3.99. The molecule has 1 aromatic carbocycles. The zero-order valence-corrected chi connectivity index (χ0v) is 12.1. The number of hydrazine groups is 1. The lowest BCUT2D eigenvalue weighted by atomic mass is 9.82. The summed E-state index contributed by atoms with van der Waals surface area (Å²) < 4.78 is 0. The van der Waals surface area contributed by atoms with Crippen LogP contribution in [-0.4, -0.2) is 4.98 Å². The van der Waals surface area contributed by atoms with Crippen molar-refractivity contribution >= 4 is 10.9 Å². The number of nitrogens with zero attached hydrogens (tertiary/aromatic N) is 1. The van der Waals surface area contributed by atoms with Crippen molar-refractivity contribution in [3.05, 3.63) is 41.6 Å². The van der Waals surface area contributed by atoms with Gasteiger partial charge < -0.3 is 0 Å². The zero-order chi connectivity index (χ0) is 13.9. The molecule has 3 nitrogen and oxygen atoms in total. The highest BCUT2D eigenvalue weighted by molar-refractivity contribution is 5.82. The van der Waals surface area contributed by atoms with Gasteiger partial charge in [0.1, 0.15) is 0 Å². The molecule has 0 bridgehead atoms. The van der Waals surface area contributed by atoms with Crippen molar-refractivity contribution in [2.45, 2.75) is 45.1 Å². The summed E-state index contributed by atoms with van der Waals surface area (Å²) in [6.45, 7) is 2.15. The molecule has 1 aromatic heterocycles. The minimum atomic E-state index is 0.179. The maximum absolute atomic E-state index is 5.84. The van der Waals surface area contributed by atoms with Gasteiger partial charge in [-0.3, -0.25) is 16.3 Å². The minimum Gasteiger partial charge on any atom is -0.271 e. The molecule has 0 radical (unpaired) electrons. The van der Waals surface area contributed by atoms with Gasteiger partial charge in [0.05, 0.1) is 17.3 Å². The zero-order valence-electron chi connectivity index (χ0n) is 12.1. The second-order valence-electron chi connectivity index (χ2n) is 5.92. The fourth-order valence-corrected chi connectivity index (χ4v) is 3.47. The lowest BCUT2D eigenvalue weighted by molar-refractivity contribution is 0.270. The molecule has 1 aliphatic rings. The lowest BCUT2D eigenvalue weighted by Gasteiger charge is -2.29. The second-order valence-corrected chi connectivity index (χ2v) is 5.92. The molecular weight excluding hydrogens is 246 g/mol. The molecule has 0 saturated heterocycles. The minimum absolute atomic E-state index is 0.179. The largest absolute Gasteiger partial charge is 0.271 e. The molecule has 0 aliphatic heterocycles. The predicted octanol–water partition coefficient (Wildman–Crippen LogP) is 3.63. The summed E-state index contributed by atoms with van der Waals surface area (Å²) in [5.41, 5.74) is 6.46. The van der Waals surface area contributed by atoms with Crippen LogP contribution in [0.1, 0.15) is 49.4 Å². The van der Waals surface area contributed by atoms with Crippen LogP contribution < -0.4 is 11.3 Å². The van der Waals surface area contributed by atoms with Crippen LogP contribution in [0.15, 0.2) is 30.3 Å². The number of nitrogens with two attached hydrogens (primary N) is 1. The van der Waals surface area contributed by atoms with Crippen LogP contribution in [0.4, 0.5) is 0 Å². The van der Waals surface area contributed by atoms with Crippen molar-refractivity contribution in [3.8, 4) is 0 Å². The molecule has 3 heteroatoms. The number of fused-ring (bicyclic) bond motifs is 1. The Morgan fingerprint density at radius 3 is 2.70 bits per heavy atom. The summed E-state index contributed by atoms with van der Waals surface area (Å²) in [4.78, 5) is 4.84. The molecule has 1 unspecified atom stereocenters. The van der Waals surface area contributed by atoms with Crippen LogP contribution in [0, 0.1) is 12.8 Å². The maximum Gasteiger partial charge on any atom is 0.0708 e. The number of pyridine rings is 1. The van der Waals surface area contributed by atoms with Gasteiger partial charge in [0, 0.05) is 5.39 Å². The van der Waals surface area contributed by atoms with E-state index in [2.05, 4.69) is 36.6 Å². The van der Waals surface area contributed by atoms with Crippen molar-refractivity contribution in [2.75, 3.05) is 0 Å². The Labute approximate surface area is 120 Å². The summed E-state index contributed by atoms with van der Waals surface area (Å²) in [5, 5.41) is 1.23. The molecule has 1 fully saturated rings. The van der Waals surface area contributed by atoms with Crippen molar-refractivity contribution in [3.63, 3.8) is 0 Å². The average Bonchev–Trinajstić information content (AvgIpc) is 2.49. The monoisotopic (exact) mass is 269 g/mol. The smallest absolute Gasteiger partial charge is 0.0708 e. The molecule has 3 rings (SSSR count). The summed E-state index contributed by atoms with van der Waals surface area (Å²) >= 11 is 0. The second kappa shape index (κ2) is 5.90. The van der Waals surface area contributed by atoms with Gasteiger partial charge in [0.2, 0.25) is 0 Å². The summed E-state index contributed by atoms with van der Waals surface area (Å²) in [7, 11) is 0. The predicted molar refractivity (Wildman–Crippen MR) is 83.1 cm³/mol. The van der Waals surface area contributed by atoms with E-state index < -0.39 is 0 Å². The average molecular weight is 269 g/mol. The first-order valence-corrected chi connectivity index (χ1v) is 7.62. The number of hydrogen-bond acceptors (Lipinski definition) is 3. The molecule has 1 atom stereocenters. The molecule has 20 heavy (non-hydrogen) atoms. The summed E-state index contributed by atoms with van der Waals surface area (Å²) in [6, 6.07) is 10.7. The quantitative estimate of drug-likeness (QED) is 0.661. The Hall–Kier alpha value is -1.45. The van der Waals surface area contributed by atoms with Gasteiger partial charge in [0.25, 0.3) is 0 Å². The van der Waals surface area contributed by atoms with Crippen LogP contribution in [0.25, 0.3) is 10.9 Å². The van der Waals surface area contributed by atoms with Crippen LogP contribution in [0.5, 0.6) is 0 Å². The molecular formula is C17H23N3. The van der Waals surface area contributed by atoms with Crippen LogP contribution >= 0.6 is 0 Å². The van der Waals surface area contributed by atoms with Gasteiger partial charge in [-0.05, 0) is 43.4 Å². The SMILES string of the molecule is Cc1cc(C(NN)C2CCCCC2)nc2ccccc12. The molecule has 0 amide bonds. The topological polar surface area (TPSA) is 50.9 Å². The highest BCUT2D eigenvalue weighted by atomic mass is 15.2. The molecule has 1 aliphatic carbocycles. The van der Waals surface area contributed by atoms with E-state index in [4.69, 9.17) is 10.8 Å². The Balaban J connectivity index is 1.98. The normalized spacial score (nSPS) is 18.3. The molecule has 106 valence electrons. The highest BCUT2D eigenvalue weighted by Crippen LogP contribution is 2.34. The van der Waals surface area contributed by atoms with E-state index in [-0.39, 0.29) is 6.04 Å². The Morgan fingerprint density at radius 2 is 1.95 bits per heavy atom. The fourth-order valence-electron chi connectivity index (χ4n) is 3.47. The van der Waals surface area contributed by atoms with Crippen LogP contribution in [0.2, 0.25) is 0 Å². The van der Waals surface area contributed by atoms with E-state index >= 15 is 0 Å². The molecule has 1 heterocycles. The third-order valence-corrected chi connectivity index (χ3v) is 4.56. The maximum atomic E-state index is 5.84. The van der Waals surface area contributed by atoms with E-state index in [1.165, 1.54) is 43.1 Å². The number of rotatable bonds is 3. The molecule has 0 spiro atoms. The molecule has 2 aromatic rings. The summed E-state index contributed by atoms with van der Waals surface area (Å²) in [5.74, 6) is 6.45. The lowest BCUT2D eigenvalue weighted by Crippen LogP contribution is -2.35. The van der Waals surface area contributed by atoms with Gasteiger partial charge in [-0.2, -0.15) is 0 Å². The van der Waals surface area contributed by atoms with E-state index in [1.54, 1.807) is 0 Å². The first-order chi connectivity index (χ1) is 9.79. The Bertz CT molecular complexity index is 588. The van der Waals surface area contributed by atoms with E-state index in [0.29, 0.717) is 5.92 Å². The third-order valence-electron chi connectivity index (χ3n) is 4.56. The number of benzene rings is 1. The Morgan fingerprint density at radius 1 is 1.20 bits per heavy atom. The van der Waals surface area contributed by atoms with E-state index in [9.17, 15) is 0 Å². The first-order valence-electron chi connectivity index (χ1n) is 7.62. The van der Waals surface area contributed by atoms with Gasteiger partial charge in [-0.15, -0.1) is 0 Å². The van der Waals surface area contributed by atoms with Crippen molar-refractivity contribution in [2.24, 2.45) is 11.8 Å². The number of aromatic nitrogens is 1. The first kappa shape index (κ1) is 13.5. The van der Waals surface area contributed by atoms with Crippen molar-refractivity contribution in [1.82, 2.24) is 10.4 Å². The van der Waals surface area contributed by atoms with E-state index in [0.717, 1.165) is 11.2 Å². The van der Waals surface area contributed by atoms with Gasteiger partial charge in [-0.25, -0.2) is 0 Å². The number of para-hydroxylation sites is 1. The van der Waals surface area contributed by atoms with Gasteiger partial charge in [-0.1, -0.05) is 37.5 Å².